The zero-order chi connectivity index (χ0) is 17.5. The lowest BCUT2D eigenvalue weighted by atomic mass is 10.1. The molecule has 0 aromatic heterocycles. The van der Waals surface area contributed by atoms with Gasteiger partial charge in [0.1, 0.15) is 0 Å². The molecule has 0 saturated heterocycles. The Balaban J connectivity index is 2.05. The van der Waals surface area contributed by atoms with E-state index in [4.69, 9.17) is 0 Å². The zero-order valence-electron chi connectivity index (χ0n) is 14.3. The first-order valence-corrected chi connectivity index (χ1v) is 7.87. The van der Waals surface area contributed by atoms with Crippen LogP contribution in [0.4, 0.5) is 5.69 Å². The highest BCUT2D eigenvalue weighted by molar-refractivity contribution is 6.06. The van der Waals surface area contributed by atoms with Crippen LogP contribution in [-0.4, -0.2) is 43.9 Å². The molecule has 5 nitrogen and oxygen atoms in total. The van der Waals surface area contributed by atoms with Crippen LogP contribution in [0.2, 0.25) is 0 Å². The molecule has 0 bridgehead atoms. The summed E-state index contributed by atoms with van der Waals surface area (Å²) in [5.74, 6) is -0.408. The van der Waals surface area contributed by atoms with Gasteiger partial charge in [0.2, 0.25) is 0 Å². The third-order valence-corrected chi connectivity index (χ3v) is 3.62. The number of anilines is 1. The van der Waals surface area contributed by atoms with Crippen LogP contribution in [0.5, 0.6) is 0 Å². The maximum absolute atomic E-state index is 12.4. The van der Waals surface area contributed by atoms with E-state index in [1.165, 1.54) is 0 Å². The number of likely N-dealkylation sites (N-methyl/N-ethyl adjacent to an activating group) is 1. The third kappa shape index (κ3) is 4.93. The lowest BCUT2D eigenvalue weighted by Crippen LogP contribution is -2.31. The number of carbonyl (C=O) groups is 2. The predicted octanol–water partition coefficient (Wildman–Crippen LogP) is 2.54. The Hall–Kier alpha value is -2.66. The van der Waals surface area contributed by atoms with Gasteiger partial charge in [0, 0.05) is 29.9 Å². The first-order valence-electron chi connectivity index (χ1n) is 7.87. The van der Waals surface area contributed by atoms with Crippen molar-refractivity contribution in [1.82, 2.24) is 10.2 Å². The molecular formula is C19H23N3O2. The maximum Gasteiger partial charge on any atom is 0.255 e. The van der Waals surface area contributed by atoms with Crippen LogP contribution in [0.25, 0.3) is 0 Å². The average molecular weight is 325 g/mol. The predicted molar refractivity (Wildman–Crippen MR) is 96.5 cm³/mol. The lowest BCUT2D eigenvalue weighted by molar-refractivity contribution is 0.0951. The molecule has 2 amide bonds. The zero-order valence-corrected chi connectivity index (χ0v) is 14.3. The van der Waals surface area contributed by atoms with E-state index in [1.807, 2.05) is 50.2 Å². The summed E-state index contributed by atoms with van der Waals surface area (Å²) in [5, 5.41) is 5.72. The van der Waals surface area contributed by atoms with Crippen molar-refractivity contribution in [2.24, 2.45) is 0 Å². The minimum absolute atomic E-state index is 0.178. The van der Waals surface area contributed by atoms with Crippen LogP contribution in [0.15, 0.2) is 48.5 Å². The van der Waals surface area contributed by atoms with Crippen molar-refractivity contribution in [2.75, 3.05) is 32.5 Å². The molecule has 0 aliphatic carbocycles. The number of hydrogen-bond acceptors (Lipinski definition) is 3. The van der Waals surface area contributed by atoms with Gasteiger partial charge in [-0.2, -0.15) is 0 Å². The van der Waals surface area contributed by atoms with E-state index >= 15 is 0 Å². The summed E-state index contributed by atoms with van der Waals surface area (Å²) in [6, 6.07) is 14.3. The van der Waals surface area contributed by atoms with Crippen LogP contribution < -0.4 is 10.6 Å². The Kier molecular flexibility index (Phi) is 6.09. The van der Waals surface area contributed by atoms with Gasteiger partial charge in [-0.15, -0.1) is 0 Å². The summed E-state index contributed by atoms with van der Waals surface area (Å²) in [6.45, 7) is 3.26. The second-order valence-corrected chi connectivity index (χ2v) is 5.91. The Morgan fingerprint density at radius 3 is 2.29 bits per heavy atom. The van der Waals surface area contributed by atoms with Crippen LogP contribution in [-0.2, 0) is 0 Å². The normalized spacial score (nSPS) is 10.5. The number of nitrogens with one attached hydrogen (secondary N) is 2. The first kappa shape index (κ1) is 17.7. The molecule has 2 aromatic carbocycles. The fourth-order valence-electron chi connectivity index (χ4n) is 2.20. The smallest absolute Gasteiger partial charge is 0.255 e. The van der Waals surface area contributed by atoms with Crippen LogP contribution in [0.1, 0.15) is 26.3 Å². The van der Waals surface area contributed by atoms with Gasteiger partial charge < -0.3 is 15.5 Å². The SMILES string of the molecule is Cc1ccccc1NC(=O)c1cccc(C(=O)NCCN(C)C)c1. The molecular weight excluding hydrogens is 302 g/mol. The van der Waals surface area contributed by atoms with Crippen molar-refractivity contribution in [3.63, 3.8) is 0 Å². The summed E-state index contributed by atoms with van der Waals surface area (Å²) in [7, 11) is 3.89. The topological polar surface area (TPSA) is 61.4 Å². The molecule has 0 atom stereocenters. The highest BCUT2D eigenvalue weighted by Gasteiger charge is 2.11. The second-order valence-electron chi connectivity index (χ2n) is 5.91. The third-order valence-electron chi connectivity index (χ3n) is 3.62. The van der Waals surface area contributed by atoms with Crippen molar-refractivity contribution < 1.29 is 9.59 Å². The van der Waals surface area contributed by atoms with E-state index in [0.717, 1.165) is 17.8 Å². The summed E-state index contributed by atoms with van der Waals surface area (Å²) in [5.41, 5.74) is 2.69. The second kappa shape index (κ2) is 8.26. The minimum atomic E-state index is -0.229. The van der Waals surface area contributed by atoms with Crippen LogP contribution >= 0.6 is 0 Å². The quantitative estimate of drug-likeness (QED) is 0.858. The summed E-state index contributed by atoms with van der Waals surface area (Å²) in [6.07, 6.45) is 0. The summed E-state index contributed by atoms with van der Waals surface area (Å²) in [4.78, 5) is 26.5. The number of hydrogen-bond donors (Lipinski definition) is 2. The van der Waals surface area contributed by atoms with Gasteiger partial charge >= 0.3 is 0 Å². The molecule has 0 heterocycles. The molecule has 0 radical (unpaired) electrons. The van der Waals surface area contributed by atoms with Crippen molar-refractivity contribution in [1.29, 1.82) is 0 Å². The van der Waals surface area contributed by atoms with E-state index in [0.29, 0.717) is 17.7 Å². The van der Waals surface area contributed by atoms with E-state index in [-0.39, 0.29) is 11.8 Å². The molecule has 2 aromatic rings. The Bertz CT molecular complexity index is 726. The molecule has 0 aliphatic rings. The number of carbonyl (C=O) groups excluding carboxylic acids is 2. The number of para-hydroxylation sites is 1. The van der Waals surface area contributed by atoms with Crippen molar-refractivity contribution in [3.8, 4) is 0 Å². The van der Waals surface area contributed by atoms with Crippen molar-refractivity contribution in [2.45, 2.75) is 6.92 Å². The number of aryl methyl sites for hydroxylation is 1. The van der Waals surface area contributed by atoms with Gasteiger partial charge in [0.05, 0.1) is 0 Å². The maximum atomic E-state index is 12.4. The standard InChI is InChI=1S/C19H23N3O2/c1-14-7-4-5-10-17(14)21-19(24)16-9-6-8-15(13-16)18(23)20-11-12-22(2)3/h4-10,13H,11-12H2,1-3H3,(H,20,23)(H,21,24). The molecule has 0 fully saturated rings. The lowest BCUT2D eigenvalue weighted by Gasteiger charge is -2.11. The monoisotopic (exact) mass is 325 g/mol. The first-order chi connectivity index (χ1) is 11.5. The molecule has 0 aliphatic heterocycles. The Morgan fingerprint density at radius 2 is 1.62 bits per heavy atom. The van der Waals surface area contributed by atoms with E-state index in [9.17, 15) is 9.59 Å². The van der Waals surface area contributed by atoms with Crippen molar-refractivity contribution >= 4 is 17.5 Å². The number of nitrogens with zero attached hydrogens (tertiary/aromatic N) is 1. The summed E-state index contributed by atoms with van der Waals surface area (Å²) < 4.78 is 0. The van der Waals surface area contributed by atoms with E-state index in [2.05, 4.69) is 10.6 Å². The van der Waals surface area contributed by atoms with Gasteiger partial charge in [-0.05, 0) is 50.8 Å². The molecule has 24 heavy (non-hydrogen) atoms. The molecule has 2 rings (SSSR count). The molecule has 0 unspecified atom stereocenters. The highest BCUT2D eigenvalue weighted by Crippen LogP contribution is 2.15. The molecule has 126 valence electrons. The van der Waals surface area contributed by atoms with Gasteiger partial charge in [-0.25, -0.2) is 0 Å². The van der Waals surface area contributed by atoms with Gasteiger partial charge in [0.25, 0.3) is 11.8 Å². The average Bonchev–Trinajstić information content (AvgIpc) is 2.56. The molecule has 0 spiro atoms. The van der Waals surface area contributed by atoms with Crippen LogP contribution in [0, 0.1) is 6.92 Å². The number of benzene rings is 2. The Labute approximate surface area is 142 Å². The van der Waals surface area contributed by atoms with Crippen molar-refractivity contribution in [3.05, 3.63) is 65.2 Å². The van der Waals surface area contributed by atoms with E-state index in [1.54, 1.807) is 24.3 Å². The molecule has 5 heteroatoms. The minimum Gasteiger partial charge on any atom is -0.351 e. The van der Waals surface area contributed by atoms with Crippen LogP contribution in [0.3, 0.4) is 0 Å². The summed E-state index contributed by atoms with van der Waals surface area (Å²) >= 11 is 0. The fourth-order valence-corrected chi connectivity index (χ4v) is 2.20. The van der Waals surface area contributed by atoms with Gasteiger partial charge in [0.15, 0.2) is 0 Å². The fraction of sp³-hybridized carbons (Fsp3) is 0.263. The van der Waals surface area contributed by atoms with Gasteiger partial charge in [-0.1, -0.05) is 24.3 Å². The molecule has 2 N–H and O–H groups in total. The largest absolute Gasteiger partial charge is 0.351 e. The number of rotatable bonds is 6. The Morgan fingerprint density at radius 1 is 0.958 bits per heavy atom. The number of amides is 2. The van der Waals surface area contributed by atoms with Gasteiger partial charge in [-0.3, -0.25) is 9.59 Å². The molecule has 0 saturated carbocycles. The highest BCUT2D eigenvalue weighted by atomic mass is 16.2. The van der Waals surface area contributed by atoms with E-state index < -0.39 is 0 Å².